The summed E-state index contributed by atoms with van der Waals surface area (Å²) in [6.07, 6.45) is 1.66. The third-order valence-electron chi connectivity index (χ3n) is 4.37. The van der Waals surface area contributed by atoms with Crippen LogP contribution in [0.2, 0.25) is 5.02 Å². The van der Waals surface area contributed by atoms with E-state index in [2.05, 4.69) is 5.32 Å². The van der Waals surface area contributed by atoms with Gasteiger partial charge in [-0.25, -0.2) is 8.42 Å². The lowest BCUT2D eigenvalue weighted by Crippen LogP contribution is -2.29. The van der Waals surface area contributed by atoms with Gasteiger partial charge in [0.05, 0.1) is 0 Å². The Hall–Kier alpha value is -2.09. The monoisotopic (exact) mass is 408 g/mol. The predicted molar refractivity (Wildman–Crippen MR) is 105 cm³/mol. The molecule has 2 aromatic carbocycles. The van der Waals surface area contributed by atoms with Crippen LogP contribution in [0, 0.1) is 6.92 Å². The van der Waals surface area contributed by atoms with Crippen LogP contribution in [0.3, 0.4) is 0 Å². The van der Waals surface area contributed by atoms with Crippen molar-refractivity contribution < 1.29 is 17.9 Å². The molecule has 6 nitrogen and oxygen atoms in total. The van der Waals surface area contributed by atoms with Crippen molar-refractivity contribution in [2.75, 3.05) is 25.0 Å². The molecule has 1 saturated heterocycles. The van der Waals surface area contributed by atoms with Crippen molar-refractivity contribution in [2.24, 2.45) is 0 Å². The van der Waals surface area contributed by atoms with Crippen molar-refractivity contribution in [2.45, 2.75) is 24.7 Å². The molecule has 0 aliphatic carbocycles. The Morgan fingerprint density at radius 2 is 1.89 bits per heavy atom. The van der Waals surface area contributed by atoms with Gasteiger partial charge in [-0.2, -0.15) is 4.31 Å². The largest absolute Gasteiger partial charge is 0.482 e. The number of halogens is 1. The van der Waals surface area contributed by atoms with E-state index >= 15 is 0 Å². The first kappa shape index (κ1) is 19.7. The molecule has 1 fully saturated rings. The molecule has 0 saturated carbocycles. The SMILES string of the molecule is Cc1ccccc1NC(=O)COc1ccc(Cl)cc1S(=O)(=O)N1CCCC1. The Morgan fingerprint density at radius 1 is 1.19 bits per heavy atom. The molecular formula is C19H21ClN2O4S. The van der Waals surface area contributed by atoms with Gasteiger partial charge in [0.1, 0.15) is 10.6 Å². The van der Waals surface area contributed by atoms with Gasteiger partial charge in [0.25, 0.3) is 5.91 Å². The average Bonchev–Trinajstić information content (AvgIpc) is 3.18. The summed E-state index contributed by atoms with van der Waals surface area (Å²) in [5.41, 5.74) is 1.61. The van der Waals surface area contributed by atoms with Crippen molar-refractivity contribution >= 4 is 33.2 Å². The van der Waals surface area contributed by atoms with Gasteiger partial charge in [0.2, 0.25) is 10.0 Å². The smallest absolute Gasteiger partial charge is 0.262 e. The van der Waals surface area contributed by atoms with Gasteiger partial charge in [0.15, 0.2) is 6.61 Å². The minimum Gasteiger partial charge on any atom is -0.482 e. The lowest BCUT2D eigenvalue weighted by molar-refractivity contribution is -0.118. The Bertz CT molecular complexity index is 940. The topological polar surface area (TPSA) is 75.7 Å². The van der Waals surface area contributed by atoms with Crippen LogP contribution in [0.5, 0.6) is 5.75 Å². The molecular weight excluding hydrogens is 388 g/mol. The van der Waals surface area contributed by atoms with E-state index in [4.69, 9.17) is 16.3 Å². The first-order valence-corrected chi connectivity index (χ1v) is 10.5. The number of carbonyl (C=O) groups excluding carboxylic acids is 1. The van der Waals surface area contributed by atoms with Crippen LogP contribution in [0.15, 0.2) is 47.4 Å². The molecule has 8 heteroatoms. The number of nitrogens with one attached hydrogen (secondary N) is 1. The first-order valence-electron chi connectivity index (χ1n) is 8.66. The van der Waals surface area contributed by atoms with Gasteiger partial charge < -0.3 is 10.1 Å². The molecule has 1 amide bonds. The summed E-state index contributed by atoms with van der Waals surface area (Å²) in [6.45, 7) is 2.53. The number of sulfonamides is 1. The first-order chi connectivity index (χ1) is 12.9. The third kappa shape index (κ3) is 4.61. The van der Waals surface area contributed by atoms with Gasteiger partial charge in [-0.1, -0.05) is 29.8 Å². The molecule has 0 spiro atoms. The number of para-hydroxylation sites is 1. The van der Waals surface area contributed by atoms with Crippen LogP contribution in [-0.2, 0) is 14.8 Å². The lowest BCUT2D eigenvalue weighted by Gasteiger charge is -2.18. The summed E-state index contributed by atoms with van der Waals surface area (Å²) in [4.78, 5) is 12.2. The van der Waals surface area contributed by atoms with Crippen molar-refractivity contribution in [1.29, 1.82) is 0 Å². The molecule has 1 N–H and O–H groups in total. The molecule has 0 unspecified atom stereocenters. The zero-order chi connectivity index (χ0) is 19.4. The molecule has 0 bridgehead atoms. The van der Waals surface area contributed by atoms with Crippen molar-refractivity contribution in [3.8, 4) is 5.75 Å². The molecule has 2 aromatic rings. The van der Waals surface area contributed by atoms with E-state index in [1.807, 2.05) is 25.1 Å². The normalized spacial score (nSPS) is 14.9. The van der Waals surface area contributed by atoms with Crippen LogP contribution in [-0.4, -0.2) is 38.3 Å². The number of amides is 1. The molecule has 27 heavy (non-hydrogen) atoms. The van der Waals surface area contributed by atoms with Crippen LogP contribution in [0.1, 0.15) is 18.4 Å². The van der Waals surface area contributed by atoms with E-state index in [1.165, 1.54) is 16.4 Å². The maximum atomic E-state index is 12.9. The summed E-state index contributed by atoms with van der Waals surface area (Å²) in [5.74, 6) is -0.255. The predicted octanol–water partition coefficient (Wildman–Crippen LogP) is 3.45. The number of rotatable bonds is 6. The zero-order valence-corrected chi connectivity index (χ0v) is 16.5. The van der Waals surface area contributed by atoms with Crippen LogP contribution >= 0.6 is 11.6 Å². The minimum atomic E-state index is -3.71. The molecule has 1 heterocycles. The molecule has 144 valence electrons. The quantitative estimate of drug-likeness (QED) is 0.794. The van der Waals surface area contributed by atoms with Crippen LogP contribution in [0.4, 0.5) is 5.69 Å². The van der Waals surface area contributed by atoms with Crippen molar-refractivity contribution in [3.63, 3.8) is 0 Å². The second kappa shape index (κ2) is 8.29. The molecule has 0 aromatic heterocycles. The zero-order valence-electron chi connectivity index (χ0n) is 14.9. The molecule has 1 aliphatic rings. The third-order valence-corrected chi connectivity index (χ3v) is 6.52. The van der Waals surface area contributed by atoms with Gasteiger partial charge in [-0.3, -0.25) is 4.79 Å². The fourth-order valence-corrected chi connectivity index (χ4v) is 4.82. The summed E-state index contributed by atoms with van der Waals surface area (Å²) in [7, 11) is -3.71. The number of anilines is 1. The fraction of sp³-hybridized carbons (Fsp3) is 0.316. The standard InChI is InChI=1S/C19H21ClN2O4S/c1-14-6-2-3-7-16(14)21-19(23)13-26-17-9-8-15(20)12-18(17)27(24,25)22-10-4-5-11-22/h2-3,6-9,12H,4-5,10-11,13H2,1H3,(H,21,23). The molecule has 0 atom stereocenters. The summed E-state index contributed by atoms with van der Waals surface area (Å²) in [6, 6.07) is 11.8. The van der Waals surface area contributed by atoms with E-state index < -0.39 is 10.0 Å². The summed E-state index contributed by atoms with van der Waals surface area (Å²) < 4.78 is 32.7. The second-order valence-electron chi connectivity index (χ2n) is 6.35. The Balaban J connectivity index is 1.75. The highest BCUT2D eigenvalue weighted by atomic mass is 35.5. The average molecular weight is 409 g/mol. The molecule has 0 radical (unpaired) electrons. The highest BCUT2D eigenvalue weighted by molar-refractivity contribution is 7.89. The van der Waals surface area contributed by atoms with Crippen molar-refractivity contribution in [1.82, 2.24) is 4.31 Å². The lowest BCUT2D eigenvalue weighted by atomic mass is 10.2. The number of hydrogen-bond acceptors (Lipinski definition) is 4. The molecule has 1 aliphatic heterocycles. The van der Waals surface area contributed by atoms with E-state index in [9.17, 15) is 13.2 Å². The van der Waals surface area contributed by atoms with Crippen LogP contribution < -0.4 is 10.1 Å². The van der Waals surface area contributed by atoms with E-state index in [0.29, 0.717) is 23.8 Å². The second-order valence-corrected chi connectivity index (χ2v) is 8.70. The maximum absolute atomic E-state index is 12.9. The van der Waals surface area contributed by atoms with Crippen molar-refractivity contribution in [3.05, 3.63) is 53.1 Å². The van der Waals surface area contributed by atoms with Gasteiger partial charge >= 0.3 is 0 Å². The highest BCUT2D eigenvalue weighted by Crippen LogP contribution is 2.31. The Labute approximate surface area is 164 Å². The van der Waals surface area contributed by atoms with Gasteiger partial charge in [-0.15, -0.1) is 0 Å². The highest BCUT2D eigenvalue weighted by Gasteiger charge is 2.30. The number of ether oxygens (including phenoxy) is 1. The number of aryl methyl sites for hydroxylation is 1. The number of benzene rings is 2. The van der Waals surface area contributed by atoms with E-state index in [-0.39, 0.29) is 23.2 Å². The summed E-state index contributed by atoms with van der Waals surface area (Å²) >= 11 is 6.00. The minimum absolute atomic E-state index is 0.0133. The number of hydrogen-bond donors (Lipinski definition) is 1. The maximum Gasteiger partial charge on any atom is 0.262 e. The summed E-state index contributed by atoms with van der Waals surface area (Å²) in [5, 5.41) is 3.05. The molecule has 3 rings (SSSR count). The Kier molecular flexibility index (Phi) is 6.04. The van der Waals surface area contributed by atoms with Gasteiger partial charge in [-0.05, 0) is 49.6 Å². The fourth-order valence-electron chi connectivity index (χ4n) is 2.91. The van der Waals surface area contributed by atoms with E-state index in [0.717, 1.165) is 18.4 Å². The number of nitrogens with zero attached hydrogens (tertiary/aromatic N) is 1. The van der Waals surface area contributed by atoms with Gasteiger partial charge in [0, 0.05) is 23.8 Å². The Morgan fingerprint density at radius 3 is 2.59 bits per heavy atom. The van der Waals surface area contributed by atoms with Crippen LogP contribution in [0.25, 0.3) is 0 Å². The van der Waals surface area contributed by atoms with E-state index in [1.54, 1.807) is 12.1 Å². The number of carbonyl (C=O) groups is 1.